The van der Waals surface area contributed by atoms with Crippen LogP contribution in [0.3, 0.4) is 0 Å². The van der Waals surface area contributed by atoms with E-state index in [1.807, 2.05) is 60.7 Å². The van der Waals surface area contributed by atoms with Crippen LogP contribution in [-0.4, -0.2) is 24.5 Å². The predicted molar refractivity (Wildman–Crippen MR) is 196 cm³/mol. The van der Waals surface area contributed by atoms with Crippen molar-refractivity contribution in [2.75, 3.05) is 0 Å². The van der Waals surface area contributed by atoms with Gasteiger partial charge in [0.15, 0.2) is 29.4 Å². The summed E-state index contributed by atoms with van der Waals surface area (Å²) < 4.78 is 8.05. The summed E-state index contributed by atoms with van der Waals surface area (Å²) in [5, 5.41) is 2.31. The molecule has 3 aromatic heterocycles. The maximum absolute atomic E-state index is 5.69. The van der Waals surface area contributed by atoms with Crippen molar-refractivity contribution in [3.63, 3.8) is 0 Å². The van der Waals surface area contributed by atoms with Gasteiger partial charge in [0.2, 0.25) is 0 Å². The normalized spacial score (nSPS) is 13.3. The third kappa shape index (κ3) is 4.20. The minimum absolute atomic E-state index is 0.151. The maximum Gasteiger partial charge on any atom is 0.181 e. The first kappa shape index (κ1) is 27.7. The van der Waals surface area contributed by atoms with Crippen LogP contribution in [0.5, 0.6) is 0 Å². The van der Waals surface area contributed by atoms with Crippen LogP contribution in [0.15, 0.2) is 144 Å². The van der Waals surface area contributed by atoms with E-state index in [1.54, 1.807) is 0 Å². The molecule has 3 heterocycles. The number of oxazole rings is 1. The number of fused-ring (bicyclic) bond motifs is 7. The van der Waals surface area contributed by atoms with E-state index in [9.17, 15) is 0 Å². The fourth-order valence-corrected chi connectivity index (χ4v) is 7.56. The van der Waals surface area contributed by atoms with Gasteiger partial charge in [-0.1, -0.05) is 98.8 Å². The molecule has 6 heteroatoms. The van der Waals surface area contributed by atoms with Gasteiger partial charge in [0, 0.05) is 38.6 Å². The Bertz CT molecular complexity index is 2680. The first-order chi connectivity index (χ1) is 24.0. The average Bonchev–Trinajstić information content (AvgIpc) is 3.82. The lowest BCUT2D eigenvalue weighted by atomic mass is 9.82. The van der Waals surface area contributed by atoms with Crippen LogP contribution in [0, 0.1) is 0 Å². The van der Waals surface area contributed by atoms with Crippen molar-refractivity contribution in [3.8, 4) is 51.0 Å². The van der Waals surface area contributed by atoms with Gasteiger partial charge in [-0.25, -0.2) is 19.9 Å². The Morgan fingerprint density at radius 2 is 1.16 bits per heavy atom. The van der Waals surface area contributed by atoms with E-state index >= 15 is 0 Å². The average molecular weight is 632 g/mol. The zero-order chi connectivity index (χ0) is 32.7. The quantitative estimate of drug-likeness (QED) is 0.193. The van der Waals surface area contributed by atoms with Gasteiger partial charge in [0.25, 0.3) is 0 Å². The van der Waals surface area contributed by atoms with E-state index in [-0.39, 0.29) is 5.41 Å². The summed E-state index contributed by atoms with van der Waals surface area (Å²) in [6.45, 7) is 4.57. The van der Waals surface area contributed by atoms with Gasteiger partial charge in [0.1, 0.15) is 5.52 Å². The van der Waals surface area contributed by atoms with Crippen molar-refractivity contribution in [3.05, 3.63) is 151 Å². The Morgan fingerprint density at radius 3 is 1.90 bits per heavy atom. The Kier molecular flexibility index (Phi) is 5.82. The summed E-state index contributed by atoms with van der Waals surface area (Å²) in [5.41, 5.74) is 12.8. The first-order valence-corrected chi connectivity index (χ1v) is 16.5. The molecule has 0 bridgehead atoms. The number of nitrogens with zero attached hydrogens (tertiary/aromatic N) is 5. The lowest BCUT2D eigenvalue weighted by molar-refractivity contribution is 0.598. The molecule has 9 aromatic rings. The Labute approximate surface area is 282 Å². The summed E-state index contributed by atoms with van der Waals surface area (Å²) in [7, 11) is 0. The number of benzene rings is 6. The molecule has 0 N–H and O–H groups in total. The van der Waals surface area contributed by atoms with Crippen molar-refractivity contribution in [2.45, 2.75) is 19.3 Å². The molecule has 1 aliphatic carbocycles. The molecule has 6 aromatic carbocycles. The van der Waals surface area contributed by atoms with Crippen LogP contribution in [0.25, 0.3) is 83.9 Å². The molecule has 0 aliphatic heterocycles. The second-order valence-corrected chi connectivity index (χ2v) is 13.2. The molecule has 0 radical (unpaired) electrons. The minimum atomic E-state index is -0.151. The molecule has 1 aliphatic rings. The fraction of sp³-hybridized carbons (Fsp3) is 0.0698. The van der Waals surface area contributed by atoms with Gasteiger partial charge in [-0.05, 0) is 70.8 Å². The van der Waals surface area contributed by atoms with Gasteiger partial charge in [-0.3, -0.25) is 0 Å². The van der Waals surface area contributed by atoms with Crippen molar-refractivity contribution < 1.29 is 4.42 Å². The highest BCUT2D eigenvalue weighted by molar-refractivity contribution is 6.10. The van der Waals surface area contributed by atoms with Gasteiger partial charge < -0.3 is 8.98 Å². The van der Waals surface area contributed by atoms with E-state index in [4.69, 9.17) is 19.4 Å². The van der Waals surface area contributed by atoms with E-state index in [2.05, 4.69) is 96.2 Å². The molecule has 0 amide bonds. The third-order valence-electron chi connectivity index (χ3n) is 10.00. The molecular formula is C43H29N5O. The Hall–Kier alpha value is -6.40. The Morgan fingerprint density at radius 1 is 0.531 bits per heavy atom. The van der Waals surface area contributed by atoms with Crippen molar-refractivity contribution in [2.24, 2.45) is 0 Å². The van der Waals surface area contributed by atoms with Gasteiger partial charge in [-0.2, -0.15) is 0 Å². The number of hydrogen-bond acceptors (Lipinski definition) is 5. The van der Waals surface area contributed by atoms with Crippen LogP contribution in [0.1, 0.15) is 25.0 Å². The molecule has 10 rings (SSSR count). The SMILES string of the molecule is CC1(C)c2ccc(-n3c4ccccc4c4cc(-c5nc(-c6ccccc6)nc(-c6ccccc6)n5)ccc43)cc2-c2cc3ncoc3cc21. The van der Waals surface area contributed by atoms with E-state index in [0.29, 0.717) is 17.5 Å². The first-order valence-electron chi connectivity index (χ1n) is 16.5. The standard InChI is InChI=1S/C43H29N5O/c1-43(2)34-19-18-29(22-31(34)32-23-36-39(24-35(32)43)49-25-44-36)48-37-16-10-9-15-30(37)33-21-28(17-20-38(33)48)42-46-40(26-11-5-3-6-12-26)45-41(47-42)27-13-7-4-8-14-27/h3-25H,1-2H3. The lowest BCUT2D eigenvalue weighted by Gasteiger charge is -2.21. The molecule has 0 saturated heterocycles. The van der Waals surface area contributed by atoms with E-state index in [1.165, 1.54) is 34.0 Å². The minimum Gasteiger partial charge on any atom is -0.443 e. The summed E-state index contributed by atoms with van der Waals surface area (Å²) in [6, 6.07) is 46.5. The highest BCUT2D eigenvalue weighted by atomic mass is 16.3. The van der Waals surface area contributed by atoms with Crippen LogP contribution >= 0.6 is 0 Å². The summed E-state index contributed by atoms with van der Waals surface area (Å²) in [5.74, 6) is 1.94. The molecule has 232 valence electrons. The predicted octanol–water partition coefficient (Wildman–Crippen LogP) is 10.4. The molecule has 0 saturated carbocycles. The number of rotatable bonds is 4. The van der Waals surface area contributed by atoms with Crippen molar-refractivity contribution >= 4 is 32.9 Å². The topological polar surface area (TPSA) is 69.6 Å². The number of para-hydroxylation sites is 1. The summed E-state index contributed by atoms with van der Waals surface area (Å²) in [4.78, 5) is 19.4. The molecule has 0 fully saturated rings. The van der Waals surface area contributed by atoms with E-state index in [0.717, 1.165) is 49.9 Å². The molecule has 6 nitrogen and oxygen atoms in total. The van der Waals surface area contributed by atoms with Crippen LogP contribution < -0.4 is 0 Å². The monoisotopic (exact) mass is 631 g/mol. The second-order valence-electron chi connectivity index (χ2n) is 13.2. The maximum atomic E-state index is 5.69. The van der Waals surface area contributed by atoms with Gasteiger partial charge in [-0.15, -0.1) is 0 Å². The van der Waals surface area contributed by atoms with Crippen LogP contribution in [-0.2, 0) is 5.41 Å². The molecule has 0 unspecified atom stereocenters. The molecule has 0 spiro atoms. The van der Waals surface area contributed by atoms with Crippen LogP contribution in [0.4, 0.5) is 0 Å². The van der Waals surface area contributed by atoms with Crippen molar-refractivity contribution in [1.29, 1.82) is 0 Å². The fourth-order valence-electron chi connectivity index (χ4n) is 7.56. The highest BCUT2D eigenvalue weighted by Crippen LogP contribution is 2.50. The molecule has 49 heavy (non-hydrogen) atoms. The highest BCUT2D eigenvalue weighted by Gasteiger charge is 2.36. The van der Waals surface area contributed by atoms with Crippen molar-refractivity contribution in [1.82, 2.24) is 24.5 Å². The lowest BCUT2D eigenvalue weighted by Crippen LogP contribution is -2.14. The van der Waals surface area contributed by atoms with E-state index < -0.39 is 0 Å². The third-order valence-corrected chi connectivity index (χ3v) is 10.00. The number of hydrogen-bond donors (Lipinski definition) is 0. The molecule has 0 atom stereocenters. The summed E-state index contributed by atoms with van der Waals surface area (Å²) >= 11 is 0. The van der Waals surface area contributed by atoms with Gasteiger partial charge in [0.05, 0.1) is 11.0 Å². The van der Waals surface area contributed by atoms with Crippen LogP contribution in [0.2, 0.25) is 0 Å². The second kappa shape index (κ2) is 10.3. The van der Waals surface area contributed by atoms with Gasteiger partial charge >= 0.3 is 0 Å². The smallest absolute Gasteiger partial charge is 0.181 e. The molecular weight excluding hydrogens is 603 g/mol. The zero-order valence-electron chi connectivity index (χ0n) is 26.9. The Balaban J connectivity index is 1.16. The number of aromatic nitrogens is 5. The zero-order valence-corrected chi connectivity index (χ0v) is 26.9. The largest absolute Gasteiger partial charge is 0.443 e. The summed E-state index contributed by atoms with van der Waals surface area (Å²) in [6.07, 6.45) is 1.53.